The van der Waals surface area contributed by atoms with Gasteiger partial charge in [-0.15, -0.1) is 5.10 Å². The van der Waals surface area contributed by atoms with E-state index in [2.05, 4.69) is 19.7 Å². The van der Waals surface area contributed by atoms with Crippen LogP contribution in [-0.2, 0) is 29.8 Å². The molecule has 0 bridgehead atoms. The minimum atomic E-state index is -7.61. The van der Waals surface area contributed by atoms with Crippen molar-refractivity contribution in [1.29, 1.82) is 5.26 Å². The summed E-state index contributed by atoms with van der Waals surface area (Å²) >= 11 is 0. The standard InChI is InChI=1S/C25H20F10N6O4S/c1-3-4-13-5-6-14(9-16(13)18(42)38-21(12-36)7-8-21)15-10-37-41(11-15)20-17(22(26,27)28)19(39-40(20)2)45-46(43,44)23(29,24(30,31)32)25(33,34)35/h5-6,9-11H,3-4,7-8H2,1-2H3,(H,38,42). The summed E-state index contributed by atoms with van der Waals surface area (Å²) in [6.45, 7) is 1.84. The normalized spacial score (nSPS) is 15.4. The number of nitrogens with zero attached hydrogens (tertiary/aromatic N) is 5. The van der Waals surface area contributed by atoms with Crippen LogP contribution in [0.4, 0.5) is 43.9 Å². The second-order valence-corrected chi connectivity index (χ2v) is 11.8. The van der Waals surface area contributed by atoms with Crippen LogP contribution in [0.5, 0.6) is 5.88 Å². The molecular weight excluding hydrogens is 670 g/mol. The van der Waals surface area contributed by atoms with Crippen molar-refractivity contribution in [1.82, 2.24) is 24.9 Å². The number of aromatic nitrogens is 4. The van der Waals surface area contributed by atoms with Crippen molar-refractivity contribution >= 4 is 16.0 Å². The van der Waals surface area contributed by atoms with Gasteiger partial charge in [-0.25, -0.2) is 13.8 Å². The quantitative estimate of drug-likeness (QED) is 0.231. The van der Waals surface area contributed by atoms with Gasteiger partial charge in [-0.2, -0.15) is 58.3 Å². The summed E-state index contributed by atoms with van der Waals surface area (Å²) < 4.78 is 163. The van der Waals surface area contributed by atoms with Crippen molar-refractivity contribution in [3.05, 3.63) is 47.3 Å². The molecule has 21 heteroatoms. The minimum absolute atomic E-state index is 0.0415. The Kier molecular flexibility index (Phi) is 8.38. The minimum Gasteiger partial charge on any atom is -0.356 e. The maximum Gasteiger partial charge on any atom is 0.450 e. The predicted octanol–water partition coefficient (Wildman–Crippen LogP) is 5.53. The van der Waals surface area contributed by atoms with Crippen LogP contribution >= 0.6 is 0 Å². The lowest BCUT2D eigenvalue weighted by atomic mass is 9.97. The van der Waals surface area contributed by atoms with E-state index >= 15 is 0 Å². The van der Waals surface area contributed by atoms with E-state index in [-0.39, 0.29) is 21.4 Å². The van der Waals surface area contributed by atoms with Crippen LogP contribution in [-0.4, -0.2) is 56.8 Å². The van der Waals surface area contributed by atoms with Gasteiger partial charge in [-0.3, -0.25) is 4.79 Å². The highest BCUT2D eigenvalue weighted by Crippen LogP contribution is 2.51. The number of carbonyl (C=O) groups is 1. The van der Waals surface area contributed by atoms with Gasteiger partial charge in [-0.1, -0.05) is 25.5 Å². The Bertz CT molecular complexity index is 1800. The van der Waals surface area contributed by atoms with Crippen LogP contribution in [0, 0.1) is 11.3 Å². The first-order valence-corrected chi connectivity index (χ1v) is 14.3. The first-order chi connectivity index (χ1) is 21.0. The average molecular weight is 691 g/mol. The number of carbonyl (C=O) groups excluding carboxylic acids is 1. The third-order valence-electron chi connectivity index (χ3n) is 6.85. The van der Waals surface area contributed by atoms with E-state index in [1.807, 2.05) is 13.0 Å². The average Bonchev–Trinajstić information content (AvgIpc) is 3.37. The van der Waals surface area contributed by atoms with E-state index in [4.69, 9.17) is 0 Å². The Morgan fingerprint density at radius 2 is 1.67 bits per heavy atom. The number of hydrogen-bond donors (Lipinski definition) is 1. The fourth-order valence-corrected chi connectivity index (χ4v) is 5.39. The van der Waals surface area contributed by atoms with Crippen molar-refractivity contribution < 1.29 is 61.3 Å². The zero-order valence-corrected chi connectivity index (χ0v) is 24.1. The van der Waals surface area contributed by atoms with E-state index < -0.39 is 62.4 Å². The first kappa shape index (κ1) is 34.5. The van der Waals surface area contributed by atoms with Crippen LogP contribution in [0.15, 0.2) is 30.6 Å². The zero-order chi connectivity index (χ0) is 34.7. The first-order valence-electron chi connectivity index (χ1n) is 12.8. The molecule has 0 radical (unpaired) electrons. The van der Waals surface area contributed by atoms with Gasteiger partial charge in [0.25, 0.3) is 11.8 Å². The van der Waals surface area contributed by atoms with Gasteiger partial charge >= 0.3 is 33.6 Å². The number of nitriles is 1. The molecule has 0 saturated heterocycles. The van der Waals surface area contributed by atoms with Gasteiger partial charge in [0.05, 0.1) is 12.3 Å². The van der Waals surface area contributed by atoms with Crippen molar-refractivity contribution in [2.75, 3.05) is 0 Å². The third-order valence-corrected chi connectivity index (χ3v) is 8.38. The van der Waals surface area contributed by atoms with E-state index in [1.165, 1.54) is 12.1 Å². The molecule has 46 heavy (non-hydrogen) atoms. The van der Waals surface area contributed by atoms with Gasteiger partial charge in [0, 0.05) is 24.4 Å². The molecule has 250 valence electrons. The number of aryl methyl sites for hydroxylation is 2. The molecule has 0 spiro atoms. The molecule has 10 nitrogen and oxygen atoms in total. The highest BCUT2D eigenvalue weighted by molar-refractivity contribution is 7.88. The summed E-state index contributed by atoms with van der Waals surface area (Å²) in [7, 11) is -6.91. The summed E-state index contributed by atoms with van der Waals surface area (Å²) in [6.07, 6.45) is -16.4. The van der Waals surface area contributed by atoms with Crippen molar-refractivity contribution in [3.8, 4) is 28.9 Å². The van der Waals surface area contributed by atoms with Crippen LogP contribution in [0.1, 0.15) is 47.7 Å². The summed E-state index contributed by atoms with van der Waals surface area (Å²) in [5.41, 5.74) is -2.34. The molecule has 0 unspecified atom stereocenters. The van der Waals surface area contributed by atoms with E-state index in [9.17, 15) is 62.4 Å². The molecule has 1 aromatic carbocycles. The maximum atomic E-state index is 14.3. The Hall–Kier alpha value is -4.35. The number of halogens is 10. The molecule has 3 aromatic rings. The lowest BCUT2D eigenvalue weighted by Crippen LogP contribution is -2.60. The summed E-state index contributed by atoms with van der Waals surface area (Å²) in [5, 5.41) is 11.5. The maximum absolute atomic E-state index is 14.3. The number of nitrogens with one attached hydrogen (secondary N) is 1. The van der Waals surface area contributed by atoms with Gasteiger partial charge < -0.3 is 9.50 Å². The molecule has 1 aliphatic carbocycles. The number of hydrogen-bond acceptors (Lipinski definition) is 7. The highest BCUT2D eigenvalue weighted by atomic mass is 32.2. The topological polar surface area (TPSA) is 132 Å². The number of rotatable bonds is 9. The van der Waals surface area contributed by atoms with Gasteiger partial charge in [-0.05, 0) is 36.5 Å². The van der Waals surface area contributed by atoms with Gasteiger partial charge in [0.2, 0.25) is 0 Å². The zero-order valence-electron chi connectivity index (χ0n) is 23.3. The van der Waals surface area contributed by atoms with Crippen LogP contribution in [0.3, 0.4) is 0 Å². The molecule has 4 rings (SSSR count). The number of amides is 1. The SMILES string of the molecule is CCCc1ccc(-c2cnn(-c3c(C(F)(F)F)c(OS(=O)(=O)C(F)(C(F)(F)F)C(F)(F)F)nn3C)c2)cc1C(=O)NC1(C#N)CC1. The predicted molar refractivity (Wildman–Crippen MR) is 135 cm³/mol. The fourth-order valence-electron chi connectivity index (χ4n) is 4.38. The van der Waals surface area contributed by atoms with Crippen LogP contribution in [0.25, 0.3) is 16.9 Å². The lowest BCUT2D eigenvalue weighted by Gasteiger charge is -2.28. The molecular formula is C25H20F10N6O4S. The Morgan fingerprint density at radius 1 is 1.07 bits per heavy atom. The molecule has 2 heterocycles. The summed E-state index contributed by atoms with van der Waals surface area (Å²) in [5.74, 6) is -4.17. The van der Waals surface area contributed by atoms with Gasteiger partial charge in [0.15, 0.2) is 11.4 Å². The molecule has 2 aromatic heterocycles. The monoisotopic (exact) mass is 690 g/mol. The summed E-state index contributed by atoms with van der Waals surface area (Å²) in [6, 6.07) is 6.43. The smallest absolute Gasteiger partial charge is 0.356 e. The fraction of sp³-hybridized carbons (Fsp3) is 0.440. The molecule has 0 aliphatic heterocycles. The van der Waals surface area contributed by atoms with E-state index in [0.29, 0.717) is 43.0 Å². The van der Waals surface area contributed by atoms with Crippen molar-refractivity contribution in [2.45, 2.75) is 61.7 Å². The van der Waals surface area contributed by atoms with Gasteiger partial charge in [0.1, 0.15) is 5.54 Å². The Labute approximate surface area is 252 Å². The molecule has 1 N–H and O–H groups in total. The highest BCUT2D eigenvalue weighted by Gasteiger charge is 2.82. The van der Waals surface area contributed by atoms with Crippen LogP contribution < -0.4 is 9.50 Å². The van der Waals surface area contributed by atoms with E-state index in [0.717, 1.165) is 12.4 Å². The molecule has 0 atom stereocenters. The molecule has 1 amide bonds. The molecule has 1 saturated carbocycles. The number of alkyl halides is 10. The molecule has 1 fully saturated rings. The van der Waals surface area contributed by atoms with Crippen LogP contribution in [0.2, 0.25) is 0 Å². The molecule has 1 aliphatic rings. The lowest BCUT2D eigenvalue weighted by molar-refractivity contribution is -0.307. The number of benzene rings is 1. The van der Waals surface area contributed by atoms with Crippen molar-refractivity contribution in [3.63, 3.8) is 0 Å². The largest absolute Gasteiger partial charge is 0.450 e. The van der Waals surface area contributed by atoms with E-state index in [1.54, 1.807) is 6.07 Å². The van der Waals surface area contributed by atoms with Crippen molar-refractivity contribution in [2.24, 2.45) is 7.05 Å². The second kappa shape index (κ2) is 11.2. The third kappa shape index (κ3) is 5.96. The second-order valence-electron chi connectivity index (χ2n) is 10.2. The summed E-state index contributed by atoms with van der Waals surface area (Å²) in [4.78, 5) is 13.0. The Morgan fingerprint density at radius 3 is 2.17 bits per heavy atom. The Balaban J connectivity index is 1.79.